The molecule has 0 aromatic carbocycles. The van der Waals surface area contributed by atoms with Crippen molar-refractivity contribution in [1.29, 1.82) is 0 Å². The van der Waals surface area contributed by atoms with Crippen molar-refractivity contribution in [1.82, 2.24) is 0 Å². The van der Waals surface area contributed by atoms with E-state index in [1.54, 1.807) is 0 Å². The SMILES string of the molecule is OCF.[Rf]. The first kappa shape index (κ1) is 13.0. The molecule has 0 fully saturated rings. The van der Waals surface area contributed by atoms with E-state index < -0.39 is 6.86 Å². The van der Waals surface area contributed by atoms with Crippen LogP contribution in [0.25, 0.3) is 0 Å². The van der Waals surface area contributed by atoms with Gasteiger partial charge in [0.05, 0.1) is 0 Å². The third-order valence-corrected chi connectivity index (χ3v) is 0. The molecule has 0 aromatic heterocycles. The normalized spacial score (nSPS) is 4.50. The average Bonchev–Trinajstić information content (AvgIpc) is 0.918. The number of halogens is 1. The van der Waals surface area contributed by atoms with E-state index in [-0.39, 0.29) is 0 Å². The van der Waals surface area contributed by atoms with Crippen LogP contribution < -0.4 is 0 Å². The molecular weight excluding hydrogens is 314 g/mol. The van der Waals surface area contributed by atoms with Gasteiger partial charge in [-0.2, -0.15) is 0 Å². The van der Waals surface area contributed by atoms with Crippen LogP contribution in [0.4, 0.5) is 4.39 Å². The van der Waals surface area contributed by atoms with E-state index in [1.165, 1.54) is 0 Å². The maximum absolute atomic E-state index is 9.85. The third-order valence-electron chi connectivity index (χ3n) is 0. The molecule has 1 nitrogen and oxygen atoms in total. The van der Waals surface area contributed by atoms with Gasteiger partial charge in [0.1, 0.15) is 0 Å². The molecular formula is CH3FORf. The fraction of sp³-hybridized carbons (Fsp3) is 1.00. The van der Waals surface area contributed by atoms with Gasteiger partial charge in [-0.25, -0.2) is 4.39 Å². The molecule has 0 aliphatic carbocycles. The van der Waals surface area contributed by atoms with Crippen molar-refractivity contribution in [2.45, 2.75) is 0 Å². The molecule has 0 unspecified atom stereocenters. The monoisotopic (exact) mass is 317 g/mol. The fourth-order valence-electron chi connectivity index (χ4n) is 0. The minimum atomic E-state index is -1.25. The van der Waals surface area contributed by atoms with Crippen molar-refractivity contribution in [2.75, 3.05) is 6.86 Å². The van der Waals surface area contributed by atoms with E-state index in [0.29, 0.717) is 0 Å². The van der Waals surface area contributed by atoms with Gasteiger partial charge in [0.25, 0.3) is 0 Å². The van der Waals surface area contributed by atoms with Gasteiger partial charge in [0.2, 0.25) is 0 Å². The second-order valence-electron chi connectivity index (χ2n) is 0.120. The van der Waals surface area contributed by atoms with Gasteiger partial charge >= 0.3 is 0 Å². The minimum Gasteiger partial charge on any atom is -0.366 e. The van der Waals surface area contributed by atoms with E-state index >= 15 is 0 Å². The summed E-state index contributed by atoms with van der Waals surface area (Å²) in [5.41, 5.74) is 0. The van der Waals surface area contributed by atoms with Gasteiger partial charge in [0, 0.05) is 0 Å². The molecule has 0 aromatic rings. The summed E-state index contributed by atoms with van der Waals surface area (Å²) in [6.07, 6.45) is 0. The Bertz CT molecular complexity index is 8.00. The van der Waals surface area contributed by atoms with Crippen molar-refractivity contribution < 1.29 is 9.50 Å². The van der Waals surface area contributed by atoms with Gasteiger partial charge < -0.3 is 5.11 Å². The molecule has 0 rings (SSSR count). The Morgan fingerprint density at radius 1 is 1.75 bits per heavy atom. The number of alkyl halides is 1. The van der Waals surface area contributed by atoms with E-state index in [9.17, 15) is 4.39 Å². The second kappa shape index (κ2) is 124. The smallest absolute Gasteiger partial charge is 0.185 e. The zero-order chi connectivity index (χ0) is 2.71. The van der Waals surface area contributed by atoms with Gasteiger partial charge in [-0.3, -0.25) is 0 Å². The average molecular weight is 317 g/mol. The van der Waals surface area contributed by atoms with E-state index in [1.807, 2.05) is 0 Å². The van der Waals surface area contributed by atoms with Crippen LogP contribution in [0.2, 0.25) is 0 Å². The number of aliphatic hydroxyl groups excluding tert-OH is 1. The summed E-state index contributed by atoms with van der Waals surface area (Å²) in [5, 5.41) is 6.90. The van der Waals surface area contributed by atoms with Crippen LogP contribution in [0, 0.1) is 0 Å². The van der Waals surface area contributed by atoms with Crippen LogP contribution in [-0.4, -0.2) is 12.0 Å². The summed E-state index contributed by atoms with van der Waals surface area (Å²) >= 11 is 0. The molecule has 0 saturated heterocycles. The van der Waals surface area contributed by atoms with E-state index in [4.69, 9.17) is 5.11 Å². The molecule has 0 saturated carbocycles. The number of rotatable bonds is 0. The Morgan fingerprint density at radius 2 is 1.75 bits per heavy atom. The molecule has 3 heteroatoms. The Hall–Kier alpha value is -1.11. The first-order valence-corrected chi connectivity index (χ1v) is 0.583. The van der Waals surface area contributed by atoms with Crippen LogP contribution in [-0.2, 0) is 0 Å². The molecule has 4 heavy (non-hydrogen) atoms. The summed E-state index contributed by atoms with van der Waals surface area (Å²) in [7, 11) is 0. The molecule has 22 valence electrons. The molecule has 1 N–H and O–H groups in total. The zero-order valence-corrected chi connectivity index (χ0v) is 8.64. The molecule has 0 heterocycles. The summed E-state index contributed by atoms with van der Waals surface area (Å²) in [5.74, 6) is 0. The van der Waals surface area contributed by atoms with Crippen LogP contribution >= 0.6 is 0 Å². The van der Waals surface area contributed by atoms with Gasteiger partial charge in [-0.15, -0.1) is 0 Å². The van der Waals surface area contributed by atoms with E-state index in [2.05, 4.69) is 0 Å². The fourth-order valence-corrected chi connectivity index (χ4v) is 0. The maximum Gasteiger partial charge on any atom is 0.185 e. The topological polar surface area (TPSA) is 20.2 Å². The first-order valence-electron chi connectivity index (χ1n) is 0.583. The van der Waals surface area contributed by atoms with Crippen molar-refractivity contribution in [3.05, 3.63) is 0 Å². The van der Waals surface area contributed by atoms with Gasteiger partial charge in [-0.1, -0.05) is 0 Å². The second-order valence-corrected chi connectivity index (χ2v) is 0.120. The summed E-state index contributed by atoms with van der Waals surface area (Å²) in [6.45, 7) is -1.25. The summed E-state index contributed by atoms with van der Waals surface area (Å²) in [4.78, 5) is 0. The van der Waals surface area contributed by atoms with Crippen molar-refractivity contribution in [2.24, 2.45) is 0 Å². The Kier molecular flexibility index (Phi) is 403. The molecule has 0 amide bonds. The molecule has 0 bridgehead atoms. The van der Waals surface area contributed by atoms with Crippen molar-refractivity contribution in [3.8, 4) is 0 Å². The molecule has 0 radical (unpaired) electrons. The quantitative estimate of drug-likeness (QED) is 0.662. The first-order chi connectivity index (χ1) is 1.41. The summed E-state index contributed by atoms with van der Waals surface area (Å²) < 4.78 is 9.85. The van der Waals surface area contributed by atoms with Crippen LogP contribution in [0.3, 0.4) is 0 Å². The summed E-state index contributed by atoms with van der Waals surface area (Å²) in [6, 6.07) is 0. The largest absolute Gasteiger partial charge is 0.366 e. The number of aliphatic hydroxyl groups is 1. The predicted octanol–water partition coefficient (Wildman–Crippen LogP) is -0.0943. The molecule has 0 aliphatic heterocycles. The zero-order valence-electron chi connectivity index (χ0n) is 2.24. The Labute approximate surface area is 17.7 Å². The van der Waals surface area contributed by atoms with Crippen LogP contribution in [0.15, 0.2) is 0 Å². The van der Waals surface area contributed by atoms with Gasteiger partial charge in [-0.05, 0) is 0 Å². The minimum absolute atomic E-state index is 0. The number of hydrogen-bond acceptors (Lipinski definition) is 1. The van der Waals surface area contributed by atoms with Gasteiger partial charge in [0.15, 0.2) is 6.86 Å². The third kappa shape index (κ3) is 0.00874. The molecule has 0 aliphatic rings. The molecule has 0 spiro atoms. The van der Waals surface area contributed by atoms with Crippen LogP contribution in [0.5, 0.6) is 0 Å². The van der Waals surface area contributed by atoms with E-state index in [0.717, 1.165) is 0 Å². The van der Waals surface area contributed by atoms with Crippen LogP contribution in [0.1, 0.15) is 0 Å². The standard InChI is InChI=1S/CH3FO.Rf/c2-1-3;/h3H,1H2;. The predicted molar refractivity (Wildman–Crippen MR) is 8.19 cm³/mol. The molecule has 0 atom stereocenters. The Balaban J connectivity index is 0. The van der Waals surface area contributed by atoms with Crippen molar-refractivity contribution >= 4 is 0 Å². The number of hydrogen-bond donors (Lipinski definition) is 1. The maximum atomic E-state index is 9.85. The van der Waals surface area contributed by atoms with Crippen molar-refractivity contribution in [3.63, 3.8) is 0 Å². The Morgan fingerprint density at radius 3 is 1.75 bits per heavy atom.